The van der Waals surface area contributed by atoms with Gasteiger partial charge in [0.15, 0.2) is 0 Å². The van der Waals surface area contributed by atoms with Crippen molar-refractivity contribution in [2.75, 3.05) is 19.7 Å². The highest BCUT2D eigenvalue weighted by Gasteiger charge is 2.71. The summed E-state index contributed by atoms with van der Waals surface area (Å²) < 4.78 is 0. The molecule has 144 valence electrons. The highest BCUT2D eigenvalue weighted by Crippen LogP contribution is 2.76. The fraction of sp³-hybridized carbons (Fsp3) is 0.696. The van der Waals surface area contributed by atoms with Gasteiger partial charge in [-0.3, -0.25) is 0 Å². The molecular formula is C23H29ClN2O. The molecular weight excluding hydrogens is 356 g/mol. The first kappa shape index (κ1) is 16.9. The molecule has 4 heteroatoms. The Hall–Kier alpha value is -1.06. The molecule has 0 amide bonds. The topological polar surface area (TPSA) is 24.8 Å². The number of oxime groups is 1. The summed E-state index contributed by atoms with van der Waals surface area (Å²) in [7, 11) is 0. The largest absolute Gasteiger partial charge is 0.396 e. The summed E-state index contributed by atoms with van der Waals surface area (Å²) in [5, 5.41) is 5.31. The fourth-order valence-corrected chi connectivity index (χ4v) is 7.49. The van der Waals surface area contributed by atoms with Crippen molar-refractivity contribution in [1.82, 2.24) is 4.90 Å². The van der Waals surface area contributed by atoms with Crippen molar-refractivity contribution in [3.8, 4) is 0 Å². The molecule has 6 rings (SSSR count). The Kier molecular flexibility index (Phi) is 3.58. The van der Waals surface area contributed by atoms with Gasteiger partial charge in [-0.05, 0) is 93.5 Å². The second kappa shape index (κ2) is 5.73. The number of nitrogens with zero attached hydrogens (tertiary/aromatic N) is 2. The maximum absolute atomic E-state index is 6.39. The third-order valence-corrected chi connectivity index (χ3v) is 9.03. The minimum atomic E-state index is 0.214. The first-order chi connectivity index (χ1) is 13.2. The number of hydrogen-bond donors (Lipinski definition) is 0. The van der Waals surface area contributed by atoms with E-state index in [1.54, 1.807) is 6.42 Å². The zero-order valence-electron chi connectivity index (χ0n) is 16.2. The summed E-state index contributed by atoms with van der Waals surface area (Å²) in [6.07, 6.45) is 9.53. The van der Waals surface area contributed by atoms with Crippen molar-refractivity contribution in [1.29, 1.82) is 0 Å². The van der Waals surface area contributed by atoms with Crippen LogP contribution in [0, 0.1) is 17.3 Å². The molecule has 1 unspecified atom stereocenters. The van der Waals surface area contributed by atoms with E-state index in [0.29, 0.717) is 6.61 Å². The molecule has 2 spiro atoms. The van der Waals surface area contributed by atoms with Crippen LogP contribution in [0.5, 0.6) is 0 Å². The van der Waals surface area contributed by atoms with Gasteiger partial charge >= 0.3 is 0 Å². The summed E-state index contributed by atoms with van der Waals surface area (Å²) >= 11 is 6.39. The SMILES string of the molecule is CCON=C1CC2(CCN([C@@H]3CC45C[C@H]4CC[C@@H]35)CC2)c2cc(Cl)ccc21. The molecule has 4 atom stereocenters. The number of benzene rings is 1. The summed E-state index contributed by atoms with van der Waals surface area (Å²) in [6, 6.07) is 7.23. The molecule has 3 saturated carbocycles. The molecule has 5 aliphatic rings. The molecule has 1 aliphatic heterocycles. The lowest BCUT2D eigenvalue weighted by atomic mass is 9.65. The van der Waals surface area contributed by atoms with Crippen LogP contribution in [0.25, 0.3) is 0 Å². The fourth-order valence-electron chi connectivity index (χ4n) is 7.31. The summed E-state index contributed by atoms with van der Waals surface area (Å²) in [5.41, 5.74) is 4.84. The summed E-state index contributed by atoms with van der Waals surface area (Å²) in [4.78, 5) is 8.27. The molecule has 0 radical (unpaired) electrons. The minimum absolute atomic E-state index is 0.214. The molecule has 0 bridgehead atoms. The smallest absolute Gasteiger partial charge is 0.114 e. The maximum Gasteiger partial charge on any atom is 0.114 e. The molecule has 3 nitrogen and oxygen atoms in total. The van der Waals surface area contributed by atoms with Crippen molar-refractivity contribution in [3.05, 3.63) is 34.3 Å². The van der Waals surface area contributed by atoms with Crippen molar-refractivity contribution in [2.45, 2.75) is 63.3 Å². The Labute approximate surface area is 167 Å². The molecule has 0 aromatic heterocycles. The van der Waals surface area contributed by atoms with Crippen LogP contribution in [0.15, 0.2) is 23.4 Å². The highest BCUT2D eigenvalue weighted by atomic mass is 35.5. The van der Waals surface area contributed by atoms with E-state index in [9.17, 15) is 0 Å². The Morgan fingerprint density at radius 2 is 2.07 bits per heavy atom. The van der Waals surface area contributed by atoms with Crippen LogP contribution in [0.2, 0.25) is 5.02 Å². The third-order valence-electron chi connectivity index (χ3n) is 8.80. The van der Waals surface area contributed by atoms with Gasteiger partial charge in [-0.2, -0.15) is 0 Å². The van der Waals surface area contributed by atoms with Crippen LogP contribution in [-0.4, -0.2) is 36.3 Å². The van der Waals surface area contributed by atoms with E-state index in [-0.39, 0.29) is 5.41 Å². The third kappa shape index (κ3) is 2.28. The second-order valence-electron chi connectivity index (χ2n) is 9.73. The number of halogens is 1. The van der Waals surface area contributed by atoms with Gasteiger partial charge in [-0.25, -0.2) is 0 Å². The van der Waals surface area contributed by atoms with Crippen molar-refractivity contribution < 1.29 is 4.84 Å². The lowest BCUT2D eigenvalue weighted by Gasteiger charge is -2.53. The van der Waals surface area contributed by atoms with Gasteiger partial charge in [0.1, 0.15) is 6.61 Å². The van der Waals surface area contributed by atoms with Crippen LogP contribution >= 0.6 is 11.6 Å². The van der Waals surface area contributed by atoms with E-state index in [1.165, 1.54) is 56.3 Å². The van der Waals surface area contributed by atoms with Gasteiger partial charge in [-0.15, -0.1) is 0 Å². The lowest BCUT2D eigenvalue weighted by Crippen LogP contribution is -2.56. The second-order valence-corrected chi connectivity index (χ2v) is 10.2. The first-order valence-corrected chi connectivity index (χ1v) is 11.3. The van der Waals surface area contributed by atoms with Crippen molar-refractivity contribution >= 4 is 17.3 Å². The number of likely N-dealkylation sites (tertiary alicyclic amines) is 1. The molecule has 27 heavy (non-hydrogen) atoms. The van der Waals surface area contributed by atoms with Crippen LogP contribution in [-0.2, 0) is 10.3 Å². The standard InChI is InChI=1S/C23H29ClN2O/c1-2-27-25-20-13-22(19-11-16(24)4-5-17(19)20)7-9-26(10-8-22)21-14-23-12-15(23)3-6-18(21)23/h4-5,11,15,18,21H,2-3,6-10,12-14H2,1H3/t15-,18+,21-,23?/m1/s1. The van der Waals surface area contributed by atoms with Gasteiger partial charge in [0.2, 0.25) is 0 Å². The number of rotatable bonds is 3. The Bertz CT molecular complexity index is 811. The Morgan fingerprint density at radius 3 is 2.81 bits per heavy atom. The monoisotopic (exact) mass is 384 g/mol. The molecule has 1 saturated heterocycles. The van der Waals surface area contributed by atoms with E-state index >= 15 is 0 Å². The van der Waals surface area contributed by atoms with E-state index in [1.807, 2.05) is 13.0 Å². The van der Waals surface area contributed by atoms with Gasteiger partial charge in [0.05, 0.1) is 5.71 Å². The van der Waals surface area contributed by atoms with Crippen LogP contribution < -0.4 is 0 Å². The highest BCUT2D eigenvalue weighted by molar-refractivity contribution is 6.31. The lowest BCUT2D eigenvalue weighted by molar-refractivity contribution is -0.0245. The average Bonchev–Trinajstić information content (AvgIpc) is 3.25. The molecule has 1 heterocycles. The molecule has 1 aromatic rings. The summed E-state index contributed by atoms with van der Waals surface area (Å²) in [5.74, 6) is 2.13. The predicted octanol–water partition coefficient (Wildman–Crippen LogP) is 5.01. The first-order valence-electron chi connectivity index (χ1n) is 10.9. The van der Waals surface area contributed by atoms with Gasteiger partial charge in [0, 0.05) is 28.5 Å². The normalized spacial score (nSPS) is 39.8. The number of fused-ring (bicyclic) bond motifs is 2. The predicted molar refractivity (Wildman–Crippen MR) is 108 cm³/mol. The zero-order chi connectivity index (χ0) is 18.2. The van der Waals surface area contributed by atoms with E-state index in [4.69, 9.17) is 16.4 Å². The molecule has 4 aliphatic carbocycles. The van der Waals surface area contributed by atoms with Crippen molar-refractivity contribution in [2.24, 2.45) is 22.4 Å². The van der Waals surface area contributed by atoms with Crippen LogP contribution in [0.4, 0.5) is 0 Å². The number of hydrogen-bond acceptors (Lipinski definition) is 3. The van der Waals surface area contributed by atoms with Crippen molar-refractivity contribution in [3.63, 3.8) is 0 Å². The number of piperidine rings is 1. The quantitative estimate of drug-likeness (QED) is 0.684. The summed E-state index contributed by atoms with van der Waals surface area (Å²) in [6.45, 7) is 5.08. The van der Waals surface area contributed by atoms with E-state index < -0.39 is 0 Å². The minimum Gasteiger partial charge on any atom is -0.396 e. The van der Waals surface area contributed by atoms with E-state index in [0.717, 1.165) is 40.4 Å². The Balaban J connectivity index is 1.23. The van der Waals surface area contributed by atoms with Gasteiger partial charge in [-0.1, -0.05) is 22.8 Å². The van der Waals surface area contributed by atoms with Gasteiger partial charge < -0.3 is 9.74 Å². The average molecular weight is 385 g/mol. The molecule has 0 N–H and O–H groups in total. The molecule has 4 fully saturated rings. The Morgan fingerprint density at radius 1 is 1.22 bits per heavy atom. The maximum atomic E-state index is 6.39. The van der Waals surface area contributed by atoms with Crippen LogP contribution in [0.1, 0.15) is 63.0 Å². The van der Waals surface area contributed by atoms with E-state index in [2.05, 4.69) is 22.2 Å². The van der Waals surface area contributed by atoms with Crippen LogP contribution in [0.3, 0.4) is 0 Å². The molecule has 1 aromatic carbocycles. The zero-order valence-corrected chi connectivity index (χ0v) is 17.0. The van der Waals surface area contributed by atoms with Gasteiger partial charge in [0.25, 0.3) is 0 Å².